The molecule has 0 bridgehead atoms. The monoisotopic (exact) mass is 313 g/mol. The zero-order chi connectivity index (χ0) is 13.3. The molecule has 1 saturated heterocycles. The zero-order valence-electron chi connectivity index (χ0n) is 9.05. The van der Waals surface area contributed by atoms with Gasteiger partial charge in [0, 0.05) is 4.47 Å². The van der Waals surface area contributed by atoms with Crippen LogP contribution in [-0.2, 0) is 14.3 Å². The Kier molecular flexibility index (Phi) is 3.44. The van der Waals surface area contributed by atoms with Crippen LogP contribution in [0.2, 0.25) is 0 Å². The van der Waals surface area contributed by atoms with Crippen molar-refractivity contribution >= 4 is 39.4 Å². The second-order valence-corrected chi connectivity index (χ2v) is 4.50. The van der Waals surface area contributed by atoms with E-state index in [1.54, 1.807) is 0 Å². The number of morpholine rings is 1. The molecule has 0 spiro atoms. The summed E-state index contributed by atoms with van der Waals surface area (Å²) in [6.45, 7) is -0.478. The normalized spacial score (nSPS) is 15.9. The van der Waals surface area contributed by atoms with E-state index < -0.39 is 17.8 Å². The number of carboxylic acid groups (broad SMARTS) is 1. The fourth-order valence-electron chi connectivity index (χ4n) is 1.63. The first kappa shape index (κ1) is 12.7. The van der Waals surface area contributed by atoms with Crippen molar-refractivity contribution in [3.05, 3.63) is 28.2 Å². The lowest BCUT2D eigenvalue weighted by molar-refractivity contribution is -0.138. The van der Waals surface area contributed by atoms with Crippen LogP contribution in [0.4, 0.5) is 5.69 Å². The summed E-state index contributed by atoms with van der Waals surface area (Å²) in [6, 6.07) is 4.28. The standard InChI is InChI=1S/C11H8BrNO5/c12-6-1-2-7(11(16)17)8(3-6)13-9(14)4-18-5-10(13)15/h1-3H,4-5H2,(H,16,17). The summed E-state index contributed by atoms with van der Waals surface area (Å²) in [6.07, 6.45) is 0. The highest BCUT2D eigenvalue weighted by atomic mass is 79.9. The predicted molar refractivity (Wildman–Crippen MR) is 64.4 cm³/mol. The second kappa shape index (κ2) is 4.87. The van der Waals surface area contributed by atoms with Gasteiger partial charge in [-0.2, -0.15) is 0 Å². The highest BCUT2D eigenvalue weighted by Crippen LogP contribution is 2.26. The van der Waals surface area contributed by atoms with Gasteiger partial charge in [-0.15, -0.1) is 0 Å². The lowest BCUT2D eigenvalue weighted by atomic mass is 10.1. The molecule has 0 unspecified atom stereocenters. The maximum absolute atomic E-state index is 11.7. The second-order valence-electron chi connectivity index (χ2n) is 3.58. The number of halogens is 1. The molecule has 7 heteroatoms. The summed E-state index contributed by atoms with van der Waals surface area (Å²) in [4.78, 5) is 35.3. The van der Waals surface area contributed by atoms with Gasteiger partial charge in [0.2, 0.25) is 0 Å². The Bertz CT molecular complexity index is 526. The van der Waals surface area contributed by atoms with Crippen LogP contribution in [0.15, 0.2) is 22.7 Å². The number of carbonyl (C=O) groups is 3. The van der Waals surface area contributed by atoms with Crippen molar-refractivity contribution in [2.45, 2.75) is 0 Å². The van der Waals surface area contributed by atoms with E-state index in [0.29, 0.717) is 4.47 Å². The van der Waals surface area contributed by atoms with E-state index in [0.717, 1.165) is 4.90 Å². The number of imide groups is 1. The Balaban J connectivity index is 2.54. The average molecular weight is 314 g/mol. The predicted octanol–water partition coefficient (Wildman–Crippen LogP) is 1.04. The molecule has 0 aliphatic carbocycles. The number of hydrogen-bond donors (Lipinski definition) is 1. The van der Waals surface area contributed by atoms with Gasteiger partial charge in [-0.25, -0.2) is 9.69 Å². The van der Waals surface area contributed by atoms with E-state index in [-0.39, 0.29) is 24.5 Å². The van der Waals surface area contributed by atoms with Crippen molar-refractivity contribution < 1.29 is 24.2 Å². The number of benzene rings is 1. The zero-order valence-corrected chi connectivity index (χ0v) is 10.6. The fraction of sp³-hybridized carbons (Fsp3) is 0.182. The van der Waals surface area contributed by atoms with Crippen molar-refractivity contribution in [1.29, 1.82) is 0 Å². The van der Waals surface area contributed by atoms with Crippen molar-refractivity contribution in [1.82, 2.24) is 0 Å². The smallest absolute Gasteiger partial charge is 0.337 e. The molecule has 1 aliphatic heterocycles. The van der Waals surface area contributed by atoms with Gasteiger partial charge in [0.15, 0.2) is 0 Å². The van der Waals surface area contributed by atoms with E-state index >= 15 is 0 Å². The minimum absolute atomic E-state index is 0.0511. The van der Waals surface area contributed by atoms with Crippen LogP contribution in [0.3, 0.4) is 0 Å². The minimum atomic E-state index is -1.20. The first-order valence-electron chi connectivity index (χ1n) is 4.97. The molecule has 6 nitrogen and oxygen atoms in total. The summed E-state index contributed by atoms with van der Waals surface area (Å²) in [5.41, 5.74) is -0.0584. The lowest BCUT2D eigenvalue weighted by Gasteiger charge is -2.26. The molecule has 18 heavy (non-hydrogen) atoms. The van der Waals surface area contributed by atoms with Crippen molar-refractivity contribution in [3.63, 3.8) is 0 Å². The van der Waals surface area contributed by atoms with Crippen molar-refractivity contribution in [3.8, 4) is 0 Å². The van der Waals surface area contributed by atoms with Gasteiger partial charge in [-0.1, -0.05) is 15.9 Å². The molecule has 1 aliphatic rings. The van der Waals surface area contributed by atoms with Crippen LogP contribution in [0.25, 0.3) is 0 Å². The Hall–Kier alpha value is -1.73. The van der Waals surface area contributed by atoms with Crippen LogP contribution in [0, 0.1) is 0 Å². The number of aromatic carboxylic acids is 1. The Morgan fingerprint density at radius 3 is 2.44 bits per heavy atom. The van der Waals surface area contributed by atoms with E-state index in [9.17, 15) is 14.4 Å². The molecule has 2 amide bonds. The largest absolute Gasteiger partial charge is 0.478 e. The number of rotatable bonds is 2. The first-order chi connectivity index (χ1) is 8.50. The molecule has 0 atom stereocenters. The Morgan fingerprint density at radius 1 is 1.28 bits per heavy atom. The van der Waals surface area contributed by atoms with E-state index in [1.165, 1.54) is 18.2 Å². The molecule has 0 saturated carbocycles. The lowest BCUT2D eigenvalue weighted by Crippen LogP contribution is -2.47. The van der Waals surface area contributed by atoms with Crippen LogP contribution in [-0.4, -0.2) is 36.1 Å². The Labute approximate surface area is 110 Å². The molecular weight excluding hydrogens is 306 g/mol. The summed E-state index contributed by atoms with van der Waals surface area (Å²) in [7, 11) is 0. The quantitative estimate of drug-likeness (QED) is 0.825. The van der Waals surface area contributed by atoms with Gasteiger partial charge in [-0.05, 0) is 18.2 Å². The fourth-order valence-corrected chi connectivity index (χ4v) is 1.98. The highest BCUT2D eigenvalue weighted by Gasteiger charge is 2.31. The van der Waals surface area contributed by atoms with Gasteiger partial charge < -0.3 is 9.84 Å². The maximum atomic E-state index is 11.7. The number of amides is 2. The van der Waals surface area contributed by atoms with Crippen LogP contribution < -0.4 is 4.90 Å². The summed E-state index contributed by atoms with van der Waals surface area (Å²) in [5.74, 6) is -2.36. The van der Waals surface area contributed by atoms with Crippen LogP contribution in [0.1, 0.15) is 10.4 Å². The minimum Gasteiger partial charge on any atom is -0.478 e. The summed E-state index contributed by atoms with van der Waals surface area (Å²) < 4.78 is 5.35. The first-order valence-corrected chi connectivity index (χ1v) is 5.76. The van der Waals surface area contributed by atoms with E-state index in [2.05, 4.69) is 15.9 Å². The number of carboxylic acids is 1. The number of nitrogens with zero attached hydrogens (tertiary/aromatic N) is 1. The SMILES string of the molecule is O=C(O)c1ccc(Br)cc1N1C(=O)COCC1=O. The Morgan fingerprint density at radius 2 is 1.89 bits per heavy atom. The average Bonchev–Trinajstić information content (AvgIpc) is 2.28. The van der Waals surface area contributed by atoms with E-state index in [1.807, 2.05) is 0 Å². The molecule has 94 valence electrons. The van der Waals surface area contributed by atoms with Gasteiger partial charge in [0.05, 0.1) is 11.3 Å². The third kappa shape index (κ3) is 2.27. The van der Waals surface area contributed by atoms with Crippen LogP contribution in [0.5, 0.6) is 0 Å². The molecule has 0 aromatic heterocycles. The van der Waals surface area contributed by atoms with Crippen molar-refractivity contribution in [2.24, 2.45) is 0 Å². The van der Waals surface area contributed by atoms with Crippen LogP contribution >= 0.6 is 15.9 Å². The third-order valence-electron chi connectivity index (χ3n) is 2.38. The molecule has 2 rings (SSSR count). The van der Waals surface area contributed by atoms with E-state index in [4.69, 9.17) is 9.84 Å². The molecule has 1 fully saturated rings. The summed E-state index contributed by atoms with van der Waals surface area (Å²) >= 11 is 3.18. The maximum Gasteiger partial charge on any atom is 0.337 e. The van der Waals surface area contributed by atoms with Gasteiger partial charge in [0.1, 0.15) is 13.2 Å². The van der Waals surface area contributed by atoms with Gasteiger partial charge in [0.25, 0.3) is 11.8 Å². The molecule has 1 heterocycles. The number of anilines is 1. The third-order valence-corrected chi connectivity index (χ3v) is 2.87. The topological polar surface area (TPSA) is 83.9 Å². The van der Waals surface area contributed by atoms with Gasteiger partial charge in [-0.3, -0.25) is 9.59 Å². The van der Waals surface area contributed by atoms with Crippen molar-refractivity contribution in [2.75, 3.05) is 18.1 Å². The molecule has 0 radical (unpaired) electrons. The highest BCUT2D eigenvalue weighted by molar-refractivity contribution is 9.10. The molecular formula is C11H8BrNO5. The number of hydrogen-bond acceptors (Lipinski definition) is 4. The van der Waals surface area contributed by atoms with Gasteiger partial charge >= 0.3 is 5.97 Å². The number of ether oxygens (including phenoxy) is 1. The molecule has 1 aromatic rings. The summed E-state index contributed by atoms with van der Waals surface area (Å²) in [5, 5.41) is 9.06. The molecule has 1 N–H and O–H groups in total. The molecule has 1 aromatic carbocycles. The number of carbonyl (C=O) groups excluding carboxylic acids is 2.